The van der Waals surface area contributed by atoms with Gasteiger partial charge in [-0.3, -0.25) is 5.32 Å². The number of nitrogens with one attached hydrogen (secondary N) is 2. The summed E-state index contributed by atoms with van der Waals surface area (Å²) >= 11 is 9.16. The summed E-state index contributed by atoms with van der Waals surface area (Å²) in [6.07, 6.45) is 0. The second kappa shape index (κ2) is 5.84. The van der Waals surface area contributed by atoms with Gasteiger partial charge in [0.25, 0.3) is 0 Å². The van der Waals surface area contributed by atoms with Crippen molar-refractivity contribution in [3.8, 4) is 0 Å². The van der Waals surface area contributed by atoms with E-state index >= 15 is 0 Å². The highest BCUT2D eigenvalue weighted by molar-refractivity contribution is 9.10. The molecular formula is C12H9BrClN3O. The van der Waals surface area contributed by atoms with Crippen LogP contribution >= 0.6 is 27.5 Å². The molecule has 0 spiro atoms. The molecule has 0 aliphatic rings. The molecule has 0 saturated carbocycles. The highest BCUT2D eigenvalue weighted by Crippen LogP contribution is 2.20. The van der Waals surface area contributed by atoms with Crippen LogP contribution in [0.15, 0.2) is 47.1 Å². The second-order valence-corrected chi connectivity index (χ2v) is 4.62. The van der Waals surface area contributed by atoms with Gasteiger partial charge in [-0.2, -0.15) is 0 Å². The molecule has 4 nitrogen and oxygen atoms in total. The summed E-state index contributed by atoms with van der Waals surface area (Å²) in [5, 5.41) is 5.73. The molecule has 0 radical (unpaired) electrons. The maximum Gasteiger partial charge on any atom is 0.324 e. The van der Waals surface area contributed by atoms with Crippen molar-refractivity contribution >= 4 is 45.1 Å². The molecule has 2 N–H and O–H groups in total. The zero-order chi connectivity index (χ0) is 13.0. The monoisotopic (exact) mass is 325 g/mol. The van der Waals surface area contributed by atoms with Gasteiger partial charge in [0.05, 0.1) is 10.7 Å². The Hall–Kier alpha value is -1.59. The van der Waals surface area contributed by atoms with E-state index in [1.165, 1.54) is 0 Å². The number of anilines is 2. The molecule has 0 unspecified atom stereocenters. The molecule has 0 aliphatic carbocycles. The van der Waals surface area contributed by atoms with Crippen molar-refractivity contribution in [2.45, 2.75) is 0 Å². The lowest BCUT2D eigenvalue weighted by atomic mass is 10.3. The van der Waals surface area contributed by atoms with E-state index in [4.69, 9.17) is 11.6 Å². The summed E-state index contributed by atoms with van der Waals surface area (Å²) in [5.41, 5.74) is 0.548. The van der Waals surface area contributed by atoms with Gasteiger partial charge in [0, 0.05) is 0 Å². The van der Waals surface area contributed by atoms with Crippen molar-refractivity contribution < 1.29 is 4.79 Å². The van der Waals surface area contributed by atoms with Crippen LogP contribution in [0, 0.1) is 0 Å². The van der Waals surface area contributed by atoms with E-state index in [0.717, 1.165) is 0 Å². The Labute approximate surface area is 118 Å². The third kappa shape index (κ3) is 3.45. The van der Waals surface area contributed by atoms with Crippen LogP contribution in [-0.2, 0) is 0 Å². The van der Waals surface area contributed by atoms with Crippen LogP contribution in [0.2, 0.25) is 5.02 Å². The van der Waals surface area contributed by atoms with Gasteiger partial charge in [-0.05, 0) is 40.2 Å². The Kier molecular flexibility index (Phi) is 4.17. The van der Waals surface area contributed by atoms with Gasteiger partial charge in [0.15, 0.2) is 0 Å². The number of carbonyl (C=O) groups excluding carboxylic acids is 1. The van der Waals surface area contributed by atoms with Crippen LogP contribution < -0.4 is 10.6 Å². The Morgan fingerprint density at radius 3 is 2.61 bits per heavy atom. The first-order chi connectivity index (χ1) is 8.65. The molecule has 0 atom stereocenters. The number of pyridine rings is 1. The third-order valence-corrected chi connectivity index (χ3v) is 2.85. The number of carbonyl (C=O) groups is 1. The van der Waals surface area contributed by atoms with E-state index in [1.54, 1.807) is 42.5 Å². The van der Waals surface area contributed by atoms with Crippen molar-refractivity contribution in [3.05, 3.63) is 52.1 Å². The maximum absolute atomic E-state index is 11.7. The summed E-state index contributed by atoms with van der Waals surface area (Å²) < 4.78 is 0.651. The van der Waals surface area contributed by atoms with Crippen LogP contribution in [0.5, 0.6) is 0 Å². The third-order valence-electron chi connectivity index (χ3n) is 2.08. The summed E-state index contributed by atoms with van der Waals surface area (Å²) in [6.45, 7) is 0. The molecular weight excluding hydrogens is 318 g/mol. The summed E-state index contributed by atoms with van der Waals surface area (Å²) in [6, 6.07) is 11.9. The van der Waals surface area contributed by atoms with E-state index in [1.807, 2.05) is 0 Å². The zero-order valence-corrected chi connectivity index (χ0v) is 11.5. The summed E-state index contributed by atoms with van der Waals surface area (Å²) in [7, 11) is 0. The molecule has 6 heteroatoms. The Morgan fingerprint density at radius 1 is 1.11 bits per heavy atom. The molecule has 0 saturated heterocycles. The lowest BCUT2D eigenvalue weighted by molar-refractivity contribution is 0.262. The average Bonchev–Trinajstić information content (AvgIpc) is 2.32. The van der Waals surface area contributed by atoms with Gasteiger partial charge >= 0.3 is 6.03 Å². The standard InChI is InChI=1S/C12H9BrClN3O/c13-10-6-3-7-11(16-10)17-12(18)15-9-5-2-1-4-8(9)14/h1-7H,(H2,15,16,17,18). The van der Waals surface area contributed by atoms with E-state index in [9.17, 15) is 4.79 Å². The second-order valence-electron chi connectivity index (χ2n) is 3.40. The van der Waals surface area contributed by atoms with E-state index in [0.29, 0.717) is 21.1 Å². The van der Waals surface area contributed by atoms with Gasteiger partial charge in [0.1, 0.15) is 10.4 Å². The van der Waals surface area contributed by atoms with E-state index in [2.05, 4.69) is 31.5 Å². The topological polar surface area (TPSA) is 54.0 Å². The fourth-order valence-corrected chi connectivity index (χ4v) is 1.84. The van der Waals surface area contributed by atoms with Crippen molar-refractivity contribution in [1.29, 1.82) is 0 Å². The number of rotatable bonds is 2. The zero-order valence-electron chi connectivity index (χ0n) is 9.15. The number of benzene rings is 1. The number of nitrogens with zero attached hydrogens (tertiary/aromatic N) is 1. The average molecular weight is 327 g/mol. The van der Waals surface area contributed by atoms with Gasteiger partial charge in [-0.15, -0.1) is 0 Å². The quantitative estimate of drug-likeness (QED) is 0.815. The SMILES string of the molecule is O=C(Nc1cccc(Br)n1)Nc1ccccc1Cl. The van der Waals surface area contributed by atoms with Crippen molar-refractivity contribution in [2.24, 2.45) is 0 Å². The lowest BCUT2D eigenvalue weighted by Crippen LogP contribution is -2.20. The molecule has 1 aromatic heterocycles. The summed E-state index contributed by atoms with van der Waals surface area (Å²) in [5.74, 6) is 0.453. The number of para-hydroxylation sites is 1. The number of hydrogen-bond acceptors (Lipinski definition) is 2. The van der Waals surface area contributed by atoms with Crippen molar-refractivity contribution in [3.63, 3.8) is 0 Å². The minimum Gasteiger partial charge on any atom is -0.306 e. The molecule has 0 fully saturated rings. The molecule has 92 valence electrons. The molecule has 2 rings (SSSR count). The smallest absolute Gasteiger partial charge is 0.306 e. The number of hydrogen-bond donors (Lipinski definition) is 2. The minimum atomic E-state index is -0.395. The van der Waals surface area contributed by atoms with Gasteiger partial charge in [0.2, 0.25) is 0 Å². The Bertz CT molecular complexity index is 577. The van der Waals surface area contributed by atoms with Crippen molar-refractivity contribution in [1.82, 2.24) is 4.98 Å². The lowest BCUT2D eigenvalue weighted by Gasteiger charge is -2.08. The predicted octanol–water partition coefficient (Wildman–Crippen LogP) is 4.14. The number of halogens is 2. The summed E-state index contributed by atoms with van der Waals surface area (Å²) in [4.78, 5) is 15.8. The number of amides is 2. The van der Waals surface area contributed by atoms with Gasteiger partial charge < -0.3 is 5.32 Å². The normalized spacial score (nSPS) is 9.89. The first-order valence-corrected chi connectivity index (χ1v) is 6.27. The van der Waals surface area contributed by atoms with E-state index in [-0.39, 0.29) is 0 Å². The molecule has 0 aliphatic heterocycles. The van der Waals surface area contributed by atoms with Crippen molar-refractivity contribution in [2.75, 3.05) is 10.6 Å². The van der Waals surface area contributed by atoms with Crippen LogP contribution in [0.25, 0.3) is 0 Å². The van der Waals surface area contributed by atoms with Crippen LogP contribution in [0.4, 0.5) is 16.3 Å². The number of urea groups is 1. The molecule has 1 heterocycles. The highest BCUT2D eigenvalue weighted by Gasteiger charge is 2.05. The predicted molar refractivity (Wildman–Crippen MR) is 76.0 cm³/mol. The molecule has 2 amide bonds. The number of aromatic nitrogens is 1. The molecule has 18 heavy (non-hydrogen) atoms. The Morgan fingerprint density at radius 2 is 1.89 bits per heavy atom. The highest BCUT2D eigenvalue weighted by atomic mass is 79.9. The Balaban J connectivity index is 2.03. The largest absolute Gasteiger partial charge is 0.324 e. The minimum absolute atomic E-state index is 0.395. The van der Waals surface area contributed by atoms with Gasteiger partial charge in [-0.25, -0.2) is 9.78 Å². The van der Waals surface area contributed by atoms with Crippen LogP contribution in [0.1, 0.15) is 0 Å². The fraction of sp³-hybridized carbons (Fsp3) is 0. The van der Waals surface area contributed by atoms with E-state index < -0.39 is 6.03 Å². The molecule has 2 aromatic rings. The first-order valence-electron chi connectivity index (χ1n) is 5.10. The van der Waals surface area contributed by atoms with Crippen LogP contribution in [-0.4, -0.2) is 11.0 Å². The maximum atomic E-state index is 11.7. The first kappa shape index (κ1) is 12.9. The fourth-order valence-electron chi connectivity index (χ4n) is 1.31. The van der Waals surface area contributed by atoms with Gasteiger partial charge in [-0.1, -0.05) is 29.8 Å². The molecule has 0 bridgehead atoms. The molecule has 1 aromatic carbocycles. The van der Waals surface area contributed by atoms with Crippen LogP contribution in [0.3, 0.4) is 0 Å².